The summed E-state index contributed by atoms with van der Waals surface area (Å²) < 4.78 is 8.81. The Balaban J connectivity index is 1.75. The first-order valence-electron chi connectivity index (χ1n) is 9.98. The molecule has 3 aromatic carbocycles. The van der Waals surface area contributed by atoms with E-state index in [0.717, 1.165) is 32.7 Å². The minimum absolute atomic E-state index is 0.0803. The summed E-state index contributed by atoms with van der Waals surface area (Å²) in [5, 5.41) is 13.8. The molecule has 6 heteroatoms. The Bertz CT molecular complexity index is 1190. The molecule has 1 heterocycles. The molecule has 1 aromatic heterocycles. The number of benzene rings is 3. The number of hydrogen-bond acceptors (Lipinski definition) is 3. The fourth-order valence-electron chi connectivity index (χ4n) is 3.35. The molecule has 0 aliphatic rings. The number of carbonyl (C=O) groups is 1. The van der Waals surface area contributed by atoms with Crippen LogP contribution < -0.4 is 4.74 Å². The number of ether oxygens (including phenoxy) is 1. The highest BCUT2D eigenvalue weighted by Crippen LogP contribution is 2.36. The first kappa shape index (κ1) is 20.9. The first-order chi connectivity index (χ1) is 15.1. The lowest BCUT2D eigenvalue weighted by Crippen LogP contribution is -2.03. The molecule has 156 valence electrons. The number of aliphatic carboxylic acids is 1. The van der Waals surface area contributed by atoms with Gasteiger partial charge in [0.1, 0.15) is 5.75 Å². The van der Waals surface area contributed by atoms with Gasteiger partial charge in [0.05, 0.1) is 23.7 Å². The van der Waals surface area contributed by atoms with E-state index in [2.05, 4.69) is 22.0 Å². The Morgan fingerprint density at radius 1 is 0.935 bits per heavy atom. The van der Waals surface area contributed by atoms with Gasteiger partial charge in [-0.2, -0.15) is 5.10 Å². The van der Waals surface area contributed by atoms with E-state index in [1.165, 1.54) is 0 Å². The summed E-state index contributed by atoms with van der Waals surface area (Å²) in [6, 6.07) is 27.8. The van der Waals surface area contributed by atoms with Crippen LogP contribution in [0.3, 0.4) is 0 Å². The number of hydrogen-bond donors (Lipinski definition) is 1. The molecule has 0 unspecified atom stereocenters. The van der Waals surface area contributed by atoms with E-state index in [4.69, 9.17) is 14.9 Å². The molecule has 4 rings (SSSR count). The second-order valence-corrected chi connectivity index (χ2v) is 7.84. The summed E-state index contributed by atoms with van der Waals surface area (Å²) in [5.74, 6) is -0.138. The lowest BCUT2D eigenvalue weighted by molar-refractivity contribution is -0.137. The average Bonchev–Trinajstić information content (AvgIpc) is 3.23. The van der Waals surface area contributed by atoms with Gasteiger partial charge in [0, 0.05) is 22.0 Å². The van der Waals surface area contributed by atoms with Crippen molar-refractivity contribution in [1.82, 2.24) is 9.78 Å². The Labute approximate surface area is 189 Å². The van der Waals surface area contributed by atoms with E-state index < -0.39 is 5.97 Å². The van der Waals surface area contributed by atoms with Crippen LogP contribution in [-0.2, 0) is 4.79 Å². The van der Waals surface area contributed by atoms with Gasteiger partial charge in [0.25, 0.3) is 0 Å². The molecule has 0 bridgehead atoms. The molecule has 4 aromatic rings. The molecular formula is C25H21BrN2O3. The highest BCUT2D eigenvalue weighted by atomic mass is 79.9. The number of halogens is 1. The SMILES string of the molecule is O=C(O)CCCOc1ccccc1-c1cc(-c2ccccc2Br)n(-c2ccccc2)n1. The first-order valence-corrected chi connectivity index (χ1v) is 10.8. The van der Waals surface area contributed by atoms with E-state index in [-0.39, 0.29) is 6.42 Å². The van der Waals surface area contributed by atoms with Gasteiger partial charge in [-0.25, -0.2) is 4.68 Å². The van der Waals surface area contributed by atoms with E-state index in [1.54, 1.807) is 0 Å². The summed E-state index contributed by atoms with van der Waals surface area (Å²) in [7, 11) is 0. The molecule has 5 nitrogen and oxygen atoms in total. The molecule has 0 amide bonds. The van der Waals surface area contributed by atoms with Crippen molar-refractivity contribution in [3.8, 4) is 34.0 Å². The van der Waals surface area contributed by atoms with Crippen molar-refractivity contribution < 1.29 is 14.6 Å². The smallest absolute Gasteiger partial charge is 0.303 e. The van der Waals surface area contributed by atoms with Crippen molar-refractivity contribution in [2.45, 2.75) is 12.8 Å². The van der Waals surface area contributed by atoms with Crippen molar-refractivity contribution in [3.63, 3.8) is 0 Å². The van der Waals surface area contributed by atoms with Crippen molar-refractivity contribution in [2.24, 2.45) is 0 Å². The van der Waals surface area contributed by atoms with Crippen LogP contribution in [0.15, 0.2) is 89.4 Å². The normalized spacial score (nSPS) is 10.7. The molecule has 0 atom stereocenters. The second-order valence-electron chi connectivity index (χ2n) is 6.98. The Morgan fingerprint density at radius 2 is 1.61 bits per heavy atom. The van der Waals surface area contributed by atoms with Crippen LogP contribution in [0, 0.1) is 0 Å². The maximum Gasteiger partial charge on any atom is 0.303 e. The quantitative estimate of drug-likeness (QED) is 0.307. The number of aromatic nitrogens is 2. The minimum Gasteiger partial charge on any atom is -0.493 e. The molecule has 31 heavy (non-hydrogen) atoms. The van der Waals surface area contributed by atoms with Crippen molar-refractivity contribution >= 4 is 21.9 Å². The average molecular weight is 477 g/mol. The number of para-hydroxylation sites is 2. The highest BCUT2D eigenvalue weighted by Gasteiger charge is 2.17. The van der Waals surface area contributed by atoms with E-state index >= 15 is 0 Å². The van der Waals surface area contributed by atoms with Gasteiger partial charge in [-0.1, -0.05) is 64.5 Å². The molecule has 1 N–H and O–H groups in total. The Kier molecular flexibility index (Phi) is 6.48. The van der Waals surface area contributed by atoms with E-state index in [1.807, 2.05) is 83.5 Å². The van der Waals surface area contributed by atoms with E-state index in [9.17, 15) is 4.79 Å². The van der Waals surface area contributed by atoms with Crippen LogP contribution in [0.1, 0.15) is 12.8 Å². The second kappa shape index (κ2) is 9.62. The maximum absolute atomic E-state index is 10.8. The molecule has 0 radical (unpaired) electrons. The van der Waals surface area contributed by atoms with Gasteiger partial charge in [0.2, 0.25) is 0 Å². The lowest BCUT2D eigenvalue weighted by atomic mass is 10.1. The van der Waals surface area contributed by atoms with Crippen LogP contribution in [0.2, 0.25) is 0 Å². The van der Waals surface area contributed by atoms with Gasteiger partial charge in [0.15, 0.2) is 0 Å². The standard InChI is InChI=1S/C25H21BrN2O3/c26-21-13-6-4-11-19(21)23-17-22(27-28(23)18-9-2-1-3-10-18)20-12-5-7-14-24(20)31-16-8-15-25(29)30/h1-7,9-14,17H,8,15-16H2,(H,29,30). The fourth-order valence-corrected chi connectivity index (χ4v) is 3.84. The van der Waals surface area contributed by atoms with Crippen molar-refractivity contribution in [3.05, 3.63) is 89.4 Å². The zero-order chi connectivity index (χ0) is 21.6. The topological polar surface area (TPSA) is 64.3 Å². The van der Waals surface area contributed by atoms with Crippen LogP contribution in [0.4, 0.5) is 0 Å². The summed E-state index contributed by atoms with van der Waals surface area (Å²) in [6.07, 6.45) is 0.529. The summed E-state index contributed by atoms with van der Waals surface area (Å²) >= 11 is 3.66. The maximum atomic E-state index is 10.8. The lowest BCUT2D eigenvalue weighted by Gasteiger charge is -2.09. The highest BCUT2D eigenvalue weighted by molar-refractivity contribution is 9.10. The van der Waals surface area contributed by atoms with Crippen molar-refractivity contribution in [2.75, 3.05) is 6.61 Å². The third-order valence-corrected chi connectivity index (χ3v) is 5.51. The van der Waals surface area contributed by atoms with Gasteiger partial charge in [-0.3, -0.25) is 4.79 Å². The van der Waals surface area contributed by atoms with Crippen LogP contribution in [0.25, 0.3) is 28.2 Å². The van der Waals surface area contributed by atoms with Gasteiger partial charge in [-0.05, 0) is 42.8 Å². The van der Waals surface area contributed by atoms with Gasteiger partial charge < -0.3 is 9.84 Å². The number of carboxylic acids is 1. The summed E-state index contributed by atoms with van der Waals surface area (Å²) in [4.78, 5) is 10.8. The van der Waals surface area contributed by atoms with Gasteiger partial charge in [-0.15, -0.1) is 0 Å². The Hall–Kier alpha value is -3.38. The molecular weight excluding hydrogens is 456 g/mol. The monoisotopic (exact) mass is 476 g/mol. The van der Waals surface area contributed by atoms with Gasteiger partial charge >= 0.3 is 5.97 Å². The predicted octanol–water partition coefficient (Wildman–Crippen LogP) is 6.21. The van der Waals surface area contributed by atoms with E-state index in [0.29, 0.717) is 18.8 Å². The molecule has 0 aliphatic heterocycles. The molecule has 0 saturated heterocycles. The third kappa shape index (κ3) is 4.86. The largest absolute Gasteiger partial charge is 0.493 e. The predicted molar refractivity (Wildman–Crippen MR) is 125 cm³/mol. The van der Waals surface area contributed by atoms with Crippen molar-refractivity contribution in [1.29, 1.82) is 0 Å². The Morgan fingerprint density at radius 3 is 2.35 bits per heavy atom. The van der Waals surface area contributed by atoms with Crippen LogP contribution in [-0.4, -0.2) is 27.5 Å². The van der Waals surface area contributed by atoms with Crippen LogP contribution >= 0.6 is 15.9 Å². The number of nitrogens with zero attached hydrogens (tertiary/aromatic N) is 2. The molecule has 0 fully saturated rings. The zero-order valence-corrected chi connectivity index (χ0v) is 18.3. The third-order valence-electron chi connectivity index (χ3n) is 4.82. The number of carboxylic acid groups (broad SMARTS) is 1. The molecule has 0 spiro atoms. The molecule has 0 saturated carbocycles. The summed E-state index contributed by atoms with van der Waals surface area (Å²) in [5.41, 5.74) is 4.59. The van der Waals surface area contributed by atoms with Crippen LogP contribution in [0.5, 0.6) is 5.75 Å². The molecule has 0 aliphatic carbocycles. The number of rotatable bonds is 8. The zero-order valence-electron chi connectivity index (χ0n) is 16.7. The minimum atomic E-state index is -0.823. The summed E-state index contributed by atoms with van der Waals surface area (Å²) in [6.45, 7) is 0.333. The fraction of sp³-hybridized carbons (Fsp3) is 0.120.